The van der Waals surface area contributed by atoms with Gasteiger partial charge in [0, 0.05) is 31.6 Å². The van der Waals surface area contributed by atoms with Gasteiger partial charge in [0.15, 0.2) is 0 Å². The number of nitrogens with one attached hydrogen (secondary N) is 2. The molecule has 1 aliphatic rings. The lowest BCUT2D eigenvalue weighted by atomic mass is 9.91. The molecule has 0 saturated heterocycles. The highest BCUT2D eigenvalue weighted by Crippen LogP contribution is 2.26. The summed E-state index contributed by atoms with van der Waals surface area (Å²) in [6.07, 6.45) is 5.46. The first-order valence-electron chi connectivity index (χ1n) is 10.9. The highest BCUT2D eigenvalue weighted by atomic mass is 35.5. The molecule has 7 heteroatoms. The third-order valence-corrected chi connectivity index (χ3v) is 6.64. The fourth-order valence-electron chi connectivity index (χ4n) is 4.21. The van der Waals surface area contributed by atoms with Crippen LogP contribution in [0, 0.1) is 0 Å². The van der Waals surface area contributed by atoms with E-state index in [0.29, 0.717) is 22.1 Å². The monoisotopic (exact) mass is 457 g/mol. The summed E-state index contributed by atoms with van der Waals surface area (Å²) in [5.74, 6) is 1.67. The van der Waals surface area contributed by atoms with E-state index in [2.05, 4.69) is 16.7 Å². The van der Waals surface area contributed by atoms with Crippen molar-refractivity contribution in [3.05, 3.63) is 58.1 Å². The highest BCUT2D eigenvalue weighted by Gasteiger charge is 2.22. The van der Waals surface area contributed by atoms with Gasteiger partial charge in [-0.2, -0.15) is 4.98 Å². The summed E-state index contributed by atoms with van der Waals surface area (Å²) in [7, 11) is 4.04. The number of benzene rings is 2. The minimum Gasteiger partial charge on any atom is -0.362 e. The molecule has 2 aromatic carbocycles. The maximum atomic E-state index is 6.11. The summed E-state index contributed by atoms with van der Waals surface area (Å²) in [5, 5.41) is 9.58. The number of fused-ring (bicyclic) bond motifs is 1. The Bertz CT molecular complexity index is 1030. The van der Waals surface area contributed by atoms with Crippen LogP contribution < -0.4 is 15.5 Å². The molecule has 31 heavy (non-hydrogen) atoms. The molecule has 5 nitrogen and oxygen atoms in total. The van der Waals surface area contributed by atoms with E-state index in [4.69, 9.17) is 33.2 Å². The van der Waals surface area contributed by atoms with Gasteiger partial charge in [-0.3, -0.25) is 0 Å². The maximum Gasteiger partial charge on any atom is 0.225 e. The van der Waals surface area contributed by atoms with Crippen LogP contribution >= 0.6 is 23.2 Å². The summed E-state index contributed by atoms with van der Waals surface area (Å²) < 4.78 is 0. The molecule has 0 spiro atoms. The second-order valence-electron chi connectivity index (χ2n) is 8.43. The largest absolute Gasteiger partial charge is 0.362 e. The average molecular weight is 458 g/mol. The van der Waals surface area contributed by atoms with Gasteiger partial charge < -0.3 is 15.5 Å². The van der Waals surface area contributed by atoms with Crippen molar-refractivity contribution in [3.8, 4) is 0 Å². The van der Waals surface area contributed by atoms with Gasteiger partial charge in [-0.05, 0) is 68.5 Å². The topological polar surface area (TPSA) is 53.1 Å². The molecule has 0 aliphatic heterocycles. The molecular formula is C24H29Cl2N5. The lowest BCUT2D eigenvalue weighted by molar-refractivity contribution is 0.355. The maximum absolute atomic E-state index is 6.11. The van der Waals surface area contributed by atoms with Crippen LogP contribution in [-0.2, 0) is 6.42 Å². The summed E-state index contributed by atoms with van der Waals surface area (Å²) in [6.45, 7) is 0.945. The summed E-state index contributed by atoms with van der Waals surface area (Å²) in [6, 6.07) is 15.0. The zero-order chi connectivity index (χ0) is 21.8. The molecule has 2 N–H and O–H groups in total. The number of anilines is 2. The van der Waals surface area contributed by atoms with Crippen LogP contribution in [0.3, 0.4) is 0 Å². The van der Waals surface area contributed by atoms with E-state index in [1.165, 1.54) is 5.56 Å². The van der Waals surface area contributed by atoms with Gasteiger partial charge in [0.05, 0.1) is 15.6 Å². The van der Waals surface area contributed by atoms with Crippen molar-refractivity contribution in [3.63, 3.8) is 0 Å². The van der Waals surface area contributed by atoms with Gasteiger partial charge in [0.2, 0.25) is 5.95 Å². The lowest BCUT2D eigenvalue weighted by Gasteiger charge is -2.30. The van der Waals surface area contributed by atoms with Crippen molar-refractivity contribution in [2.24, 2.45) is 0 Å². The minimum absolute atomic E-state index is 0.407. The molecule has 1 saturated carbocycles. The summed E-state index contributed by atoms with van der Waals surface area (Å²) in [5.41, 5.74) is 2.18. The molecule has 4 rings (SSSR count). The molecule has 0 unspecified atom stereocenters. The quantitative estimate of drug-likeness (QED) is 0.486. The number of halogens is 2. The second-order valence-corrected chi connectivity index (χ2v) is 9.24. The highest BCUT2D eigenvalue weighted by molar-refractivity contribution is 6.42. The van der Waals surface area contributed by atoms with Gasteiger partial charge in [0.1, 0.15) is 5.82 Å². The zero-order valence-corrected chi connectivity index (χ0v) is 19.5. The molecule has 0 amide bonds. The Hall–Kier alpha value is -2.08. The lowest BCUT2D eigenvalue weighted by Crippen LogP contribution is -2.38. The normalized spacial score (nSPS) is 18.8. The Morgan fingerprint density at radius 2 is 1.68 bits per heavy atom. The van der Waals surface area contributed by atoms with Crippen LogP contribution in [0.2, 0.25) is 10.0 Å². The molecule has 1 aromatic heterocycles. The van der Waals surface area contributed by atoms with Crippen LogP contribution in [0.4, 0.5) is 11.8 Å². The van der Waals surface area contributed by atoms with Gasteiger partial charge in [-0.1, -0.05) is 41.4 Å². The first-order valence-corrected chi connectivity index (χ1v) is 11.6. The molecule has 0 radical (unpaired) electrons. The Morgan fingerprint density at radius 1 is 0.935 bits per heavy atom. The van der Waals surface area contributed by atoms with Crippen LogP contribution in [0.5, 0.6) is 0 Å². The summed E-state index contributed by atoms with van der Waals surface area (Å²) >= 11 is 12.1. The number of aromatic nitrogens is 2. The fraction of sp³-hybridized carbons (Fsp3) is 0.417. The minimum atomic E-state index is 0.407. The Balaban J connectivity index is 1.29. The summed E-state index contributed by atoms with van der Waals surface area (Å²) in [4.78, 5) is 11.6. The van der Waals surface area contributed by atoms with Crippen molar-refractivity contribution in [2.45, 2.75) is 44.2 Å². The standard InChI is InChI=1S/C24H29Cl2N5/c1-31(2)23-19-5-3-4-6-22(19)29-24(30-23)28-18-10-8-17(9-11-18)27-14-13-16-7-12-20(25)21(26)15-16/h3-7,12,15,17-18,27H,8-11,13-14H2,1-2H3,(H,28,29,30). The molecule has 3 aromatic rings. The van der Waals surface area contributed by atoms with Crippen molar-refractivity contribution in [2.75, 3.05) is 30.9 Å². The van der Waals surface area contributed by atoms with Crippen LogP contribution in [0.25, 0.3) is 10.9 Å². The Morgan fingerprint density at radius 3 is 2.42 bits per heavy atom. The Kier molecular flexibility index (Phi) is 7.16. The fourth-order valence-corrected chi connectivity index (χ4v) is 4.53. The van der Waals surface area contributed by atoms with Gasteiger partial charge in [-0.25, -0.2) is 4.98 Å². The van der Waals surface area contributed by atoms with Gasteiger partial charge >= 0.3 is 0 Å². The zero-order valence-electron chi connectivity index (χ0n) is 18.0. The molecular weight excluding hydrogens is 429 g/mol. The number of para-hydroxylation sites is 1. The van der Waals surface area contributed by atoms with Gasteiger partial charge in [-0.15, -0.1) is 0 Å². The first kappa shape index (κ1) is 22.1. The van der Waals surface area contributed by atoms with E-state index < -0.39 is 0 Å². The number of nitrogens with zero attached hydrogens (tertiary/aromatic N) is 3. The van der Waals surface area contributed by atoms with E-state index in [1.807, 2.05) is 55.4 Å². The Labute approximate surface area is 194 Å². The first-order chi connectivity index (χ1) is 15.0. The molecule has 0 bridgehead atoms. The third kappa shape index (κ3) is 5.59. The number of hydrogen-bond donors (Lipinski definition) is 2. The smallest absolute Gasteiger partial charge is 0.225 e. The third-order valence-electron chi connectivity index (χ3n) is 5.90. The SMILES string of the molecule is CN(C)c1nc(NC2CCC(NCCc3ccc(Cl)c(Cl)c3)CC2)nc2ccccc12. The van der Waals surface area contributed by atoms with E-state index in [9.17, 15) is 0 Å². The van der Waals surface area contributed by atoms with Crippen molar-refractivity contribution in [1.29, 1.82) is 0 Å². The van der Waals surface area contributed by atoms with Crippen LogP contribution in [0.15, 0.2) is 42.5 Å². The molecule has 0 atom stereocenters. The van der Waals surface area contributed by atoms with Gasteiger partial charge in [0.25, 0.3) is 0 Å². The molecule has 164 valence electrons. The number of rotatable bonds is 7. The average Bonchev–Trinajstić information content (AvgIpc) is 2.77. The van der Waals surface area contributed by atoms with E-state index in [0.717, 1.165) is 61.3 Å². The van der Waals surface area contributed by atoms with E-state index in [1.54, 1.807) is 0 Å². The van der Waals surface area contributed by atoms with Crippen molar-refractivity contribution in [1.82, 2.24) is 15.3 Å². The molecule has 1 heterocycles. The predicted molar refractivity (Wildman–Crippen MR) is 132 cm³/mol. The van der Waals surface area contributed by atoms with Crippen molar-refractivity contribution < 1.29 is 0 Å². The molecule has 1 aliphatic carbocycles. The van der Waals surface area contributed by atoms with Crippen LogP contribution in [0.1, 0.15) is 31.2 Å². The van der Waals surface area contributed by atoms with Crippen LogP contribution in [-0.4, -0.2) is 42.7 Å². The number of hydrogen-bond acceptors (Lipinski definition) is 5. The van der Waals surface area contributed by atoms with Crippen molar-refractivity contribution >= 4 is 45.9 Å². The van der Waals surface area contributed by atoms with E-state index >= 15 is 0 Å². The predicted octanol–water partition coefficient (Wildman–Crippen LogP) is 5.56. The second kappa shape index (κ2) is 10.0. The molecule has 1 fully saturated rings. The van der Waals surface area contributed by atoms with E-state index in [-0.39, 0.29) is 0 Å².